The number of ether oxygens (including phenoxy) is 3. The van der Waals surface area contributed by atoms with Crippen molar-refractivity contribution in [3.8, 4) is 0 Å². The molecule has 0 radical (unpaired) electrons. The van der Waals surface area contributed by atoms with E-state index in [1.165, 1.54) is 6.92 Å². The van der Waals surface area contributed by atoms with Gasteiger partial charge in [-0.05, 0) is 31.3 Å². The van der Waals surface area contributed by atoms with E-state index in [4.69, 9.17) is 25.7 Å². The number of carbonyl (C=O) groups is 3. The molecular weight excluding hydrogens is 450 g/mol. The van der Waals surface area contributed by atoms with Crippen LogP contribution in [0.2, 0.25) is 0 Å². The highest BCUT2D eigenvalue weighted by atomic mass is 16.7. The standard InChI is InChI=1S/C26H39N3O6/c1-6-19(7-2)33-21-14-18(13-20(27)23(21)29-16(5)30)24(31)34-26(17-11-9-8-10-12-17)35-25(32)22(28)15(3)4/h8-12,14-15,19-23,26H,6-7,13,27-28H2,1-5H3,(H,29,30)/t20-,21?,22+,23+,26?/m0/s1. The molecule has 0 heterocycles. The molecule has 9 heteroatoms. The monoisotopic (exact) mass is 489 g/mol. The smallest absolute Gasteiger partial charge is 0.337 e. The molecule has 1 aromatic rings. The van der Waals surface area contributed by atoms with E-state index in [0.717, 1.165) is 12.8 Å². The molecule has 0 bridgehead atoms. The summed E-state index contributed by atoms with van der Waals surface area (Å²) in [5.74, 6) is -1.74. The Labute approximate surface area is 207 Å². The zero-order valence-electron chi connectivity index (χ0n) is 21.2. The van der Waals surface area contributed by atoms with Crippen molar-refractivity contribution in [2.24, 2.45) is 17.4 Å². The molecule has 35 heavy (non-hydrogen) atoms. The Hall–Kier alpha value is -2.75. The maximum Gasteiger partial charge on any atom is 0.337 e. The fourth-order valence-electron chi connectivity index (χ4n) is 3.80. The lowest BCUT2D eigenvalue weighted by atomic mass is 9.88. The van der Waals surface area contributed by atoms with Gasteiger partial charge in [0, 0.05) is 24.1 Å². The number of amides is 1. The van der Waals surface area contributed by atoms with Crippen LogP contribution in [-0.4, -0.2) is 48.2 Å². The second-order valence-corrected chi connectivity index (χ2v) is 9.18. The van der Waals surface area contributed by atoms with Crippen LogP contribution in [0.1, 0.15) is 65.7 Å². The molecule has 0 saturated carbocycles. The predicted octanol–water partition coefficient (Wildman–Crippen LogP) is 2.49. The van der Waals surface area contributed by atoms with Crippen LogP contribution < -0.4 is 16.8 Å². The second kappa shape index (κ2) is 13.4. The largest absolute Gasteiger partial charge is 0.419 e. The summed E-state index contributed by atoms with van der Waals surface area (Å²) in [6, 6.07) is 6.76. The highest BCUT2D eigenvalue weighted by Gasteiger charge is 2.37. The molecule has 5 atom stereocenters. The Morgan fingerprint density at radius 2 is 1.71 bits per heavy atom. The third kappa shape index (κ3) is 8.16. The molecule has 1 aliphatic carbocycles. The molecule has 2 rings (SSSR count). The van der Waals surface area contributed by atoms with Crippen molar-refractivity contribution >= 4 is 17.8 Å². The quantitative estimate of drug-likeness (QED) is 0.318. The Morgan fingerprint density at radius 1 is 1.09 bits per heavy atom. The van der Waals surface area contributed by atoms with Crippen LogP contribution in [0.15, 0.2) is 42.0 Å². The number of nitrogens with two attached hydrogens (primary N) is 2. The summed E-state index contributed by atoms with van der Waals surface area (Å²) in [7, 11) is 0. The Morgan fingerprint density at radius 3 is 2.26 bits per heavy atom. The van der Waals surface area contributed by atoms with Gasteiger partial charge in [0.1, 0.15) is 6.04 Å². The topological polar surface area (TPSA) is 143 Å². The molecule has 0 aromatic heterocycles. The molecule has 5 N–H and O–H groups in total. The number of rotatable bonds is 11. The average molecular weight is 490 g/mol. The Balaban J connectivity index is 2.30. The van der Waals surface area contributed by atoms with E-state index in [2.05, 4.69) is 5.32 Å². The third-order valence-corrected chi connectivity index (χ3v) is 6.03. The van der Waals surface area contributed by atoms with E-state index in [9.17, 15) is 14.4 Å². The van der Waals surface area contributed by atoms with Crippen molar-refractivity contribution in [1.82, 2.24) is 5.32 Å². The third-order valence-electron chi connectivity index (χ3n) is 6.03. The van der Waals surface area contributed by atoms with Gasteiger partial charge in [-0.15, -0.1) is 0 Å². The van der Waals surface area contributed by atoms with Gasteiger partial charge in [-0.25, -0.2) is 4.79 Å². The molecule has 0 fully saturated rings. The minimum Gasteiger partial charge on any atom is -0.419 e. The fraction of sp³-hybridized carbons (Fsp3) is 0.577. The van der Waals surface area contributed by atoms with E-state index in [1.807, 2.05) is 13.8 Å². The van der Waals surface area contributed by atoms with Crippen LogP contribution in [0.5, 0.6) is 0 Å². The van der Waals surface area contributed by atoms with Gasteiger partial charge in [0.25, 0.3) is 6.29 Å². The van der Waals surface area contributed by atoms with Gasteiger partial charge < -0.3 is 31.0 Å². The van der Waals surface area contributed by atoms with Gasteiger partial charge in [0.15, 0.2) is 0 Å². The summed E-state index contributed by atoms with van der Waals surface area (Å²) in [5, 5.41) is 2.84. The summed E-state index contributed by atoms with van der Waals surface area (Å²) in [6.07, 6.45) is 1.40. The first-order valence-corrected chi connectivity index (χ1v) is 12.2. The van der Waals surface area contributed by atoms with Crippen LogP contribution in [0.25, 0.3) is 0 Å². The number of esters is 2. The van der Waals surface area contributed by atoms with Gasteiger partial charge in [-0.3, -0.25) is 9.59 Å². The minimum atomic E-state index is -1.27. The lowest BCUT2D eigenvalue weighted by Gasteiger charge is -2.36. The van der Waals surface area contributed by atoms with Crippen molar-refractivity contribution in [2.45, 2.75) is 90.5 Å². The van der Waals surface area contributed by atoms with Crippen LogP contribution in [0.4, 0.5) is 0 Å². The first kappa shape index (κ1) is 28.5. The van der Waals surface area contributed by atoms with E-state index >= 15 is 0 Å². The molecule has 0 saturated heterocycles. The molecule has 1 aliphatic rings. The molecule has 0 aliphatic heterocycles. The summed E-state index contributed by atoms with van der Waals surface area (Å²) < 4.78 is 17.3. The fourth-order valence-corrected chi connectivity index (χ4v) is 3.80. The summed E-state index contributed by atoms with van der Waals surface area (Å²) in [4.78, 5) is 37.5. The van der Waals surface area contributed by atoms with Crippen molar-refractivity contribution in [1.29, 1.82) is 0 Å². The molecule has 0 spiro atoms. The SMILES string of the molecule is CCC(CC)OC1C=C(C(=O)OC(OC(=O)[C@H](N)C(C)C)c2ccccc2)C[C@H](N)[C@H]1NC(C)=O. The van der Waals surface area contributed by atoms with Crippen molar-refractivity contribution < 1.29 is 28.6 Å². The van der Waals surface area contributed by atoms with Crippen molar-refractivity contribution in [2.75, 3.05) is 0 Å². The summed E-state index contributed by atoms with van der Waals surface area (Å²) in [6.45, 7) is 9.02. The summed E-state index contributed by atoms with van der Waals surface area (Å²) >= 11 is 0. The zero-order valence-corrected chi connectivity index (χ0v) is 21.2. The van der Waals surface area contributed by atoms with Crippen LogP contribution >= 0.6 is 0 Å². The van der Waals surface area contributed by atoms with Gasteiger partial charge in [0.2, 0.25) is 5.91 Å². The number of carbonyl (C=O) groups excluding carboxylic acids is 3. The molecular formula is C26H39N3O6. The van der Waals surface area contributed by atoms with E-state index < -0.39 is 42.5 Å². The Bertz CT molecular complexity index is 884. The predicted molar refractivity (Wildman–Crippen MR) is 132 cm³/mol. The first-order valence-electron chi connectivity index (χ1n) is 12.2. The lowest BCUT2D eigenvalue weighted by Crippen LogP contribution is -2.57. The van der Waals surface area contributed by atoms with Gasteiger partial charge >= 0.3 is 11.9 Å². The van der Waals surface area contributed by atoms with E-state index in [1.54, 1.807) is 50.3 Å². The zero-order chi connectivity index (χ0) is 26.1. The molecule has 1 aromatic carbocycles. The van der Waals surface area contributed by atoms with Crippen molar-refractivity contribution in [3.05, 3.63) is 47.5 Å². The van der Waals surface area contributed by atoms with Crippen LogP contribution in [0, 0.1) is 5.92 Å². The number of benzene rings is 1. The maximum absolute atomic E-state index is 13.2. The highest BCUT2D eigenvalue weighted by Crippen LogP contribution is 2.27. The van der Waals surface area contributed by atoms with Gasteiger partial charge in [-0.2, -0.15) is 0 Å². The molecule has 9 nitrogen and oxygen atoms in total. The number of hydrogen-bond acceptors (Lipinski definition) is 8. The maximum atomic E-state index is 13.2. The number of nitrogens with one attached hydrogen (secondary N) is 1. The van der Waals surface area contributed by atoms with E-state index in [-0.39, 0.29) is 24.3 Å². The Kier molecular flexibility index (Phi) is 10.9. The number of hydrogen-bond donors (Lipinski definition) is 3. The van der Waals surface area contributed by atoms with Gasteiger partial charge in [-0.1, -0.05) is 58.0 Å². The normalized spacial score (nSPS) is 21.7. The minimum absolute atomic E-state index is 0.0642. The first-order chi connectivity index (χ1) is 16.6. The molecule has 194 valence electrons. The highest BCUT2D eigenvalue weighted by molar-refractivity contribution is 5.89. The average Bonchev–Trinajstić information content (AvgIpc) is 2.83. The molecule has 1 amide bonds. The van der Waals surface area contributed by atoms with Gasteiger partial charge in [0.05, 0.1) is 18.2 Å². The van der Waals surface area contributed by atoms with Crippen LogP contribution in [-0.2, 0) is 28.6 Å². The summed E-state index contributed by atoms with van der Waals surface area (Å²) in [5.41, 5.74) is 13.1. The molecule has 2 unspecified atom stereocenters. The van der Waals surface area contributed by atoms with E-state index in [0.29, 0.717) is 11.1 Å². The van der Waals surface area contributed by atoms with Crippen LogP contribution in [0.3, 0.4) is 0 Å². The lowest BCUT2D eigenvalue weighted by molar-refractivity contribution is -0.189. The second-order valence-electron chi connectivity index (χ2n) is 9.18. The van der Waals surface area contributed by atoms with Crippen molar-refractivity contribution in [3.63, 3.8) is 0 Å².